The first kappa shape index (κ1) is 33.1. The fourth-order valence-corrected chi connectivity index (χ4v) is 4.20. The van der Waals surface area contributed by atoms with Crippen molar-refractivity contribution in [3.05, 3.63) is 69.7 Å². The van der Waals surface area contributed by atoms with Crippen molar-refractivity contribution >= 4 is 46.8 Å². The van der Waals surface area contributed by atoms with Gasteiger partial charge in [-0.25, -0.2) is 0 Å². The second-order valence-electron chi connectivity index (χ2n) is 9.13. The van der Waals surface area contributed by atoms with Gasteiger partial charge in [-0.1, -0.05) is 36.0 Å². The van der Waals surface area contributed by atoms with Crippen molar-refractivity contribution in [1.29, 1.82) is 0 Å². The number of aliphatic imine (C=N–C) groups is 4. The minimum atomic E-state index is 0.434. The maximum Gasteiger partial charge on any atom is 0.222 e. The van der Waals surface area contributed by atoms with E-state index in [0.717, 1.165) is 63.0 Å². The molecule has 2 rings (SSSR count). The summed E-state index contributed by atoms with van der Waals surface area (Å²) >= 11 is 12.0. The van der Waals surface area contributed by atoms with Crippen LogP contribution in [0, 0.1) is 0 Å². The monoisotopic (exact) mass is 586 g/mol. The lowest BCUT2D eigenvalue weighted by atomic mass is 10.2. The second-order valence-corrected chi connectivity index (χ2v) is 10.0. The molecule has 0 saturated heterocycles. The van der Waals surface area contributed by atoms with Crippen molar-refractivity contribution in [1.82, 2.24) is 9.80 Å². The standard InChI is InChI=1S/C30H44Cl2N8/c1-5-39(6-2)29(37-27(33)23-13-17-25(31)18-14-23)35-21-11-9-10-12-22-36-30(40(7-3)8-4)38-28(34)24-15-19-26(32)20-16-24/h13-20H,5-12,21-22H2,1-4H3,(H2,33,35,37)(H2,34,36,38). The maximum absolute atomic E-state index is 6.27. The molecule has 0 aromatic heterocycles. The Balaban J connectivity index is 1.94. The highest BCUT2D eigenvalue weighted by atomic mass is 35.5. The van der Waals surface area contributed by atoms with Gasteiger partial charge in [0, 0.05) is 60.4 Å². The molecule has 0 atom stereocenters. The summed E-state index contributed by atoms with van der Waals surface area (Å²) in [7, 11) is 0. The molecule has 0 fully saturated rings. The summed E-state index contributed by atoms with van der Waals surface area (Å²) in [5.41, 5.74) is 14.2. The maximum atomic E-state index is 6.27. The average Bonchev–Trinajstić information content (AvgIpc) is 2.95. The zero-order valence-electron chi connectivity index (χ0n) is 24.3. The van der Waals surface area contributed by atoms with Crippen LogP contribution in [0.15, 0.2) is 68.5 Å². The number of nitrogens with two attached hydrogens (primary N) is 2. The average molecular weight is 588 g/mol. The summed E-state index contributed by atoms with van der Waals surface area (Å²) in [6.07, 6.45) is 4.04. The lowest BCUT2D eigenvalue weighted by Crippen LogP contribution is -2.31. The van der Waals surface area contributed by atoms with E-state index in [-0.39, 0.29) is 0 Å². The Hall–Kier alpha value is -3.10. The van der Waals surface area contributed by atoms with Crippen molar-refractivity contribution in [3.63, 3.8) is 0 Å². The van der Waals surface area contributed by atoms with E-state index in [2.05, 4.69) is 47.5 Å². The van der Waals surface area contributed by atoms with Crippen LogP contribution >= 0.6 is 23.2 Å². The topological polar surface area (TPSA) is 108 Å². The van der Waals surface area contributed by atoms with E-state index >= 15 is 0 Å². The number of benzene rings is 2. The minimum Gasteiger partial charge on any atom is -0.383 e. The van der Waals surface area contributed by atoms with Gasteiger partial charge in [-0.3, -0.25) is 9.98 Å². The van der Waals surface area contributed by atoms with Gasteiger partial charge in [0.05, 0.1) is 0 Å². The lowest BCUT2D eigenvalue weighted by molar-refractivity contribution is 0.457. The van der Waals surface area contributed by atoms with Crippen LogP contribution in [-0.2, 0) is 0 Å². The van der Waals surface area contributed by atoms with E-state index in [1.807, 2.05) is 48.5 Å². The quantitative estimate of drug-likeness (QED) is 0.169. The van der Waals surface area contributed by atoms with Crippen molar-refractivity contribution in [2.75, 3.05) is 39.3 Å². The van der Waals surface area contributed by atoms with Crippen LogP contribution < -0.4 is 11.5 Å². The van der Waals surface area contributed by atoms with Gasteiger partial charge in [0.15, 0.2) is 0 Å². The number of guanidine groups is 2. The lowest BCUT2D eigenvalue weighted by Gasteiger charge is -2.20. The third-order valence-electron chi connectivity index (χ3n) is 6.39. The van der Waals surface area contributed by atoms with Gasteiger partial charge in [0.2, 0.25) is 11.9 Å². The fraction of sp³-hybridized carbons (Fsp3) is 0.467. The van der Waals surface area contributed by atoms with Crippen molar-refractivity contribution in [2.24, 2.45) is 31.4 Å². The van der Waals surface area contributed by atoms with E-state index in [4.69, 9.17) is 44.7 Å². The van der Waals surface area contributed by atoms with E-state index in [1.54, 1.807) is 0 Å². The predicted molar refractivity (Wildman–Crippen MR) is 173 cm³/mol. The van der Waals surface area contributed by atoms with Crippen molar-refractivity contribution < 1.29 is 0 Å². The Morgan fingerprint density at radius 2 is 0.900 bits per heavy atom. The molecule has 0 spiro atoms. The molecule has 2 aromatic carbocycles. The Morgan fingerprint density at radius 3 is 1.20 bits per heavy atom. The first-order valence-electron chi connectivity index (χ1n) is 14.1. The molecule has 0 amide bonds. The normalized spacial score (nSPS) is 13.1. The molecule has 0 radical (unpaired) electrons. The van der Waals surface area contributed by atoms with Crippen LogP contribution in [0.1, 0.15) is 64.5 Å². The Labute approximate surface area is 249 Å². The smallest absolute Gasteiger partial charge is 0.222 e. The molecular weight excluding hydrogens is 543 g/mol. The van der Waals surface area contributed by atoms with Crippen LogP contribution in [0.3, 0.4) is 0 Å². The summed E-state index contributed by atoms with van der Waals surface area (Å²) in [4.78, 5) is 23.1. The molecule has 0 heterocycles. The van der Waals surface area contributed by atoms with Gasteiger partial charge in [0.1, 0.15) is 11.7 Å². The molecule has 0 unspecified atom stereocenters. The van der Waals surface area contributed by atoms with Gasteiger partial charge in [0.25, 0.3) is 0 Å². The molecule has 0 aliphatic carbocycles. The first-order chi connectivity index (χ1) is 19.3. The molecular formula is C30H44Cl2N8. The summed E-state index contributed by atoms with van der Waals surface area (Å²) in [5, 5.41) is 1.33. The molecule has 0 aliphatic heterocycles. The number of halogens is 2. The molecule has 40 heavy (non-hydrogen) atoms. The van der Waals surface area contributed by atoms with Crippen molar-refractivity contribution in [2.45, 2.75) is 53.4 Å². The minimum absolute atomic E-state index is 0.434. The molecule has 0 aliphatic rings. The molecule has 218 valence electrons. The molecule has 0 saturated carbocycles. The second kappa shape index (κ2) is 18.3. The number of amidine groups is 2. The Morgan fingerprint density at radius 1 is 0.575 bits per heavy atom. The zero-order chi connectivity index (χ0) is 29.3. The van der Waals surface area contributed by atoms with Gasteiger partial charge in [-0.2, -0.15) is 9.98 Å². The van der Waals surface area contributed by atoms with E-state index in [1.165, 1.54) is 0 Å². The van der Waals surface area contributed by atoms with Gasteiger partial charge in [-0.05, 0) is 89.1 Å². The molecule has 0 bridgehead atoms. The number of hydrogen-bond acceptors (Lipinski definition) is 2. The van der Waals surface area contributed by atoms with Gasteiger partial charge < -0.3 is 21.3 Å². The Kier molecular flexibility index (Phi) is 15.1. The van der Waals surface area contributed by atoms with Gasteiger partial charge >= 0.3 is 0 Å². The Bertz CT molecular complexity index is 1040. The molecule has 4 N–H and O–H groups in total. The third-order valence-corrected chi connectivity index (χ3v) is 6.89. The summed E-state index contributed by atoms with van der Waals surface area (Å²) < 4.78 is 0. The van der Waals surface area contributed by atoms with Crippen molar-refractivity contribution in [3.8, 4) is 0 Å². The predicted octanol–water partition coefficient (Wildman–Crippen LogP) is 6.06. The highest BCUT2D eigenvalue weighted by molar-refractivity contribution is 6.31. The number of hydrogen-bond donors (Lipinski definition) is 2. The summed E-state index contributed by atoms with van der Waals surface area (Å²) in [6.45, 7) is 13.0. The number of rotatable bonds is 13. The first-order valence-corrected chi connectivity index (χ1v) is 14.9. The molecule has 10 heteroatoms. The SMILES string of the molecule is CCN(CC)C(=NCCCCCCN=C(/N=C(\N)c1ccc(Cl)cc1)N(CC)CC)/N=C(\N)c1ccc(Cl)cc1. The molecule has 8 nitrogen and oxygen atoms in total. The van der Waals surface area contributed by atoms with Crippen LogP contribution in [0.4, 0.5) is 0 Å². The highest BCUT2D eigenvalue weighted by Gasteiger charge is 2.10. The summed E-state index contributed by atoms with van der Waals surface area (Å²) in [6, 6.07) is 14.7. The highest BCUT2D eigenvalue weighted by Crippen LogP contribution is 2.11. The van der Waals surface area contributed by atoms with E-state index in [0.29, 0.717) is 46.7 Å². The molecule has 2 aromatic rings. The fourth-order valence-electron chi connectivity index (χ4n) is 3.95. The van der Waals surface area contributed by atoms with Crippen LogP contribution in [0.2, 0.25) is 10.0 Å². The van der Waals surface area contributed by atoms with Gasteiger partial charge in [-0.15, -0.1) is 0 Å². The third kappa shape index (κ3) is 11.2. The largest absolute Gasteiger partial charge is 0.383 e. The summed E-state index contributed by atoms with van der Waals surface area (Å²) in [5.74, 6) is 2.20. The van der Waals surface area contributed by atoms with Crippen LogP contribution in [-0.4, -0.2) is 72.7 Å². The zero-order valence-corrected chi connectivity index (χ0v) is 25.8. The van der Waals surface area contributed by atoms with Crippen LogP contribution in [0.25, 0.3) is 0 Å². The number of unbranched alkanes of at least 4 members (excludes halogenated alkanes) is 3. The van der Waals surface area contributed by atoms with E-state index < -0.39 is 0 Å². The van der Waals surface area contributed by atoms with E-state index in [9.17, 15) is 0 Å². The number of nitrogens with zero attached hydrogens (tertiary/aromatic N) is 6. The van der Waals surface area contributed by atoms with Crippen LogP contribution in [0.5, 0.6) is 0 Å².